The minimum absolute atomic E-state index is 0.142. The lowest BCUT2D eigenvalue weighted by molar-refractivity contribution is 0.197. The largest absolute Gasteiger partial charge is 0.383 e. The van der Waals surface area contributed by atoms with Gasteiger partial charge >= 0.3 is 0 Å². The van der Waals surface area contributed by atoms with Gasteiger partial charge in [-0.3, -0.25) is 0 Å². The Kier molecular flexibility index (Phi) is 5.71. The fourth-order valence-corrected chi connectivity index (χ4v) is 3.08. The Morgan fingerprint density at radius 3 is 2.60 bits per heavy atom. The van der Waals surface area contributed by atoms with Gasteiger partial charge in [-0.25, -0.2) is 4.98 Å². The number of methoxy groups -OCH3 is 1. The Balaban J connectivity index is 2.21. The Morgan fingerprint density at radius 2 is 2.00 bits per heavy atom. The number of benzene rings is 1. The molecule has 1 atom stereocenters. The second kappa shape index (κ2) is 7.53. The zero-order valence-corrected chi connectivity index (χ0v) is 13.1. The molecule has 4 heteroatoms. The van der Waals surface area contributed by atoms with Gasteiger partial charge in [0, 0.05) is 19.0 Å². The normalized spacial score (nSPS) is 12.8. The van der Waals surface area contributed by atoms with Crippen LogP contribution >= 0.6 is 11.3 Å². The molecule has 2 aromatic rings. The van der Waals surface area contributed by atoms with Crippen LogP contribution in [0.2, 0.25) is 0 Å². The van der Waals surface area contributed by atoms with Crippen LogP contribution in [0.1, 0.15) is 42.1 Å². The van der Waals surface area contributed by atoms with Crippen LogP contribution in [0, 0.1) is 0 Å². The second-order valence-electron chi connectivity index (χ2n) is 5.06. The maximum Gasteiger partial charge on any atom is 0.114 e. The summed E-state index contributed by atoms with van der Waals surface area (Å²) in [6, 6.07) is 10.6. The van der Waals surface area contributed by atoms with Crippen LogP contribution < -0.4 is 5.32 Å². The molecule has 0 aliphatic rings. The summed E-state index contributed by atoms with van der Waals surface area (Å²) >= 11 is 1.72. The predicted octanol–water partition coefficient (Wildman–Crippen LogP) is 3.59. The quantitative estimate of drug-likeness (QED) is 0.791. The monoisotopic (exact) mass is 290 g/mol. The van der Waals surface area contributed by atoms with Crippen molar-refractivity contribution in [1.29, 1.82) is 0 Å². The summed E-state index contributed by atoms with van der Waals surface area (Å²) in [6.07, 6.45) is 0. The van der Waals surface area contributed by atoms with E-state index in [4.69, 9.17) is 9.72 Å². The molecule has 0 bridgehead atoms. The Hall–Kier alpha value is -1.23. The fraction of sp³-hybridized carbons (Fsp3) is 0.438. The van der Waals surface area contributed by atoms with Crippen LogP contribution in [0.5, 0.6) is 0 Å². The van der Waals surface area contributed by atoms with Crippen molar-refractivity contribution in [3.05, 3.63) is 52.0 Å². The van der Waals surface area contributed by atoms with E-state index in [1.807, 2.05) is 6.07 Å². The van der Waals surface area contributed by atoms with E-state index in [-0.39, 0.29) is 6.04 Å². The van der Waals surface area contributed by atoms with Gasteiger partial charge in [0.15, 0.2) is 0 Å². The molecule has 0 amide bonds. The van der Waals surface area contributed by atoms with Gasteiger partial charge in [-0.05, 0) is 11.5 Å². The molecule has 1 aromatic heterocycles. The summed E-state index contributed by atoms with van der Waals surface area (Å²) in [7, 11) is 1.72. The van der Waals surface area contributed by atoms with Crippen molar-refractivity contribution in [2.45, 2.75) is 25.8 Å². The van der Waals surface area contributed by atoms with Crippen molar-refractivity contribution >= 4 is 11.3 Å². The summed E-state index contributed by atoms with van der Waals surface area (Å²) < 4.78 is 5.13. The van der Waals surface area contributed by atoms with Crippen molar-refractivity contribution < 1.29 is 4.74 Å². The molecule has 0 fully saturated rings. The van der Waals surface area contributed by atoms with Crippen LogP contribution in [0.4, 0.5) is 0 Å². The molecule has 108 valence electrons. The summed E-state index contributed by atoms with van der Waals surface area (Å²) in [4.78, 5) is 4.78. The Labute approximate surface area is 125 Å². The van der Waals surface area contributed by atoms with E-state index in [2.05, 4.69) is 48.8 Å². The average Bonchev–Trinajstić information content (AvgIpc) is 2.94. The number of nitrogens with one attached hydrogen (secondary N) is 1. The van der Waals surface area contributed by atoms with E-state index in [9.17, 15) is 0 Å². The molecule has 3 nitrogen and oxygen atoms in total. The highest BCUT2D eigenvalue weighted by Crippen LogP contribution is 2.27. The van der Waals surface area contributed by atoms with Gasteiger partial charge in [-0.1, -0.05) is 44.2 Å². The molecule has 1 unspecified atom stereocenters. The molecule has 0 radical (unpaired) electrons. The highest BCUT2D eigenvalue weighted by molar-refractivity contribution is 7.09. The molecular weight excluding hydrogens is 268 g/mol. The van der Waals surface area contributed by atoms with E-state index in [0.29, 0.717) is 12.5 Å². The van der Waals surface area contributed by atoms with Crippen LogP contribution in [-0.4, -0.2) is 25.2 Å². The number of rotatable bonds is 7. The van der Waals surface area contributed by atoms with E-state index in [1.54, 1.807) is 18.4 Å². The average molecular weight is 290 g/mol. The SMILES string of the molecule is COCCNC(c1ccccc1)c1nc(C(C)C)cs1. The molecule has 0 aliphatic heterocycles. The topological polar surface area (TPSA) is 34.1 Å². The van der Waals surface area contributed by atoms with Gasteiger partial charge in [-0.2, -0.15) is 0 Å². The number of hydrogen-bond acceptors (Lipinski definition) is 4. The first-order valence-electron chi connectivity index (χ1n) is 6.95. The zero-order chi connectivity index (χ0) is 14.4. The van der Waals surface area contributed by atoms with Crippen LogP contribution in [0.25, 0.3) is 0 Å². The smallest absolute Gasteiger partial charge is 0.114 e. The van der Waals surface area contributed by atoms with E-state index in [1.165, 1.54) is 11.3 Å². The lowest BCUT2D eigenvalue weighted by Gasteiger charge is -2.17. The predicted molar refractivity (Wildman–Crippen MR) is 84.4 cm³/mol. The van der Waals surface area contributed by atoms with E-state index < -0.39 is 0 Å². The second-order valence-corrected chi connectivity index (χ2v) is 5.95. The Bertz CT molecular complexity index is 510. The highest BCUT2D eigenvalue weighted by Gasteiger charge is 2.17. The fourth-order valence-electron chi connectivity index (χ4n) is 2.00. The lowest BCUT2D eigenvalue weighted by atomic mass is 10.1. The Morgan fingerprint density at radius 1 is 1.25 bits per heavy atom. The van der Waals surface area contributed by atoms with Crippen molar-refractivity contribution in [1.82, 2.24) is 10.3 Å². The zero-order valence-electron chi connectivity index (χ0n) is 12.3. The third-order valence-corrected chi connectivity index (χ3v) is 4.09. The van der Waals surface area contributed by atoms with Gasteiger partial charge in [0.25, 0.3) is 0 Å². The molecule has 1 N–H and O–H groups in total. The molecule has 1 heterocycles. The molecule has 0 spiro atoms. The van der Waals surface area contributed by atoms with Gasteiger partial charge in [0.2, 0.25) is 0 Å². The van der Waals surface area contributed by atoms with Gasteiger partial charge in [0.1, 0.15) is 5.01 Å². The summed E-state index contributed by atoms with van der Waals surface area (Å²) in [5, 5.41) is 6.81. The number of aromatic nitrogens is 1. The number of ether oxygens (including phenoxy) is 1. The standard InChI is InChI=1S/C16H22N2OS/c1-12(2)14-11-20-16(18-14)15(17-9-10-19-3)13-7-5-4-6-8-13/h4-8,11-12,15,17H,9-10H2,1-3H3. The third kappa shape index (κ3) is 3.88. The van der Waals surface area contributed by atoms with Crippen LogP contribution in [-0.2, 0) is 4.74 Å². The summed E-state index contributed by atoms with van der Waals surface area (Å²) in [5.41, 5.74) is 2.41. The first-order valence-corrected chi connectivity index (χ1v) is 7.83. The maximum atomic E-state index is 5.13. The van der Waals surface area contributed by atoms with Crippen molar-refractivity contribution in [2.75, 3.05) is 20.3 Å². The van der Waals surface area contributed by atoms with E-state index >= 15 is 0 Å². The number of hydrogen-bond donors (Lipinski definition) is 1. The first kappa shape index (κ1) is 15.2. The molecule has 2 rings (SSSR count). The number of nitrogens with zero attached hydrogens (tertiary/aromatic N) is 1. The highest BCUT2D eigenvalue weighted by atomic mass is 32.1. The molecule has 0 saturated heterocycles. The summed E-state index contributed by atoms with van der Waals surface area (Å²) in [5.74, 6) is 0.468. The van der Waals surface area contributed by atoms with Gasteiger partial charge in [0.05, 0.1) is 18.3 Å². The van der Waals surface area contributed by atoms with Crippen molar-refractivity contribution in [2.24, 2.45) is 0 Å². The molecular formula is C16H22N2OS. The van der Waals surface area contributed by atoms with E-state index in [0.717, 1.165) is 11.6 Å². The van der Waals surface area contributed by atoms with Crippen LogP contribution in [0.15, 0.2) is 35.7 Å². The van der Waals surface area contributed by atoms with Crippen LogP contribution in [0.3, 0.4) is 0 Å². The first-order chi connectivity index (χ1) is 9.72. The minimum Gasteiger partial charge on any atom is -0.383 e. The minimum atomic E-state index is 0.142. The number of thiazole rings is 1. The maximum absolute atomic E-state index is 5.13. The van der Waals surface area contributed by atoms with Crippen molar-refractivity contribution in [3.63, 3.8) is 0 Å². The third-order valence-electron chi connectivity index (χ3n) is 3.17. The molecule has 0 aliphatic carbocycles. The molecule has 20 heavy (non-hydrogen) atoms. The summed E-state index contributed by atoms with van der Waals surface area (Å²) in [6.45, 7) is 5.86. The van der Waals surface area contributed by atoms with Gasteiger partial charge in [-0.15, -0.1) is 11.3 Å². The molecule has 0 saturated carbocycles. The van der Waals surface area contributed by atoms with Crippen molar-refractivity contribution in [3.8, 4) is 0 Å². The van der Waals surface area contributed by atoms with Gasteiger partial charge < -0.3 is 10.1 Å². The lowest BCUT2D eigenvalue weighted by Crippen LogP contribution is -2.26. The molecule has 1 aromatic carbocycles.